The molecule has 0 aliphatic heterocycles. The summed E-state index contributed by atoms with van der Waals surface area (Å²) >= 11 is 5.85. The van der Waals surface area contributed by atoms with Gasteiger partial charge in [0.15, 0.2) is 6.10 Å². The van der Waals surface area contributed by atoms with Crippen LogP contribution in [0.25, 0.3) is 0 Å². The van der Waals surface area contributed by atoms with Crippen LogP contribution in [0.3, 0.4) is 0 Å². The lowest BCUT2D eigenvalue weighted by molar-refractivity contribution is -0.127. The van der Waals surface area contributed by atoms with Gasteiger partial charge in [-0.25, -0.2) is 0 Å². The fraction of sp³-hybridized carbons (Fsp3) is 0.316. The van der Waals surface area contributed by atoms with Crippen molar-refractivity contribution in [2.45, 2.75) is 33.3 Å². The molecule has 0 heterocycles. The van der Waals surface area contributed by atoms with E-state index in [2.05, 4.69) is 5.32 Å². The Morgan fingerprint density at radius 2 is 1.87 bits per heavy atom. The van der Waals surface area contributed by atoms with Crippen molar-refractivity contribution in [2.24, 2.45) is 0 Å². The molecule has 0 spiro atoms. The van der Waals surface area contributed by atoms with E-state index < -0.39 is 6.10 Å². The molecule has 2 aromatic carbocycles. The maximum absolute atomic E-state index is 12.1. The van der Waals surface area contributed by atoms with Crippen LogP contribution in [0.15, 0.2) is 42.5 Å². The molecule has 1 unspecified atom stereocenters. The predicted octanol–water partition coefficient (Wildman–Crippen LogP) is 4.08. The highest BCUT2D eigenvalue weighted by molar-refractivity contribution is 6.30. The number of ether oxygens (including phenoxy) is 1. The van der Waals surface area contributed by atoms with Gasteiger partial charge in [0, 0.05) is 11.6 Å². The fourth-order valence-electron chi connectivity index (χ4n) is 2.30. The third kappa shape index (κ3) is 5.29. The van der Waals surface area contributed by atoms with E-state index in [9.17, 15) is 4.79 Å². The van der Waals surface area contributed by atoms with Crippen LogP contribution in [0.2, 0.25) is 5.02 Å². The van der Waals surface area contributed by atoms with Gasteiger partial charge in [-0.3, -0.25) is 4.79 Å². The van der Waals surface area contributed by atoms with Crippen LogP contribution >= 0.6 is 11.6 Å². The molecule has 4 heteroatoms. The van der Waals surface area contributed by atoms with Crippen LogP contribution in [0.4, 0.5) is 0 Å². The molecule has 23 heavy (non-hydrogen) atoms. The Hall–Kier alpha value is -2.00. The molecule has 0 saturated carbocycles. The van der Waals surface area contributed by atoms with E-state index in [1.54, 1.807) is 6.92 Å². The molecule has 1 atom stereocenters. The molecule has 1 amide bonds. The molecule has 0 aliphatic rings. The average Bonchev–Trinajstić information content (AvgIpc) is 2.51. The van der Waals surface area contributed by atoms with Crippen LogP contribution in [0.5, 0.6) is 5.75 Å². The lowest BCUT2D eigenvalue weighted by atomic mass is 10.1. The zero-order valence-corrected chi connectivity index (χ0v) is 14.5. The van der Waals surface area contributed by atoms with Crippen molar-refractivity contribution >= 4 is 17.5 Å². The summed E-state index contributed by atoms with van der Waals surface area (Å²) in [5, 5.41) is 3.62. The smallest absolute Gasteiger partial charge is 0.260 e. The van der Waals surface area contributed by atoms with E-state index in [1.807, 2.05) is 56.3 Å². The molecule has 0 bridgehead atoms. The Kier molecular flexibility index (Phi) is 6.05. The van der Waals surface area contributed by atoms with E-state index in [4.69, 9.17) is 16.3 Å². The normalized spacial score (nSPS) is 11.8. The standard InChI is InChI=1S/C19H22ClNO2/c1-13-4-9-18(14(2)12-13)23-15(3)19(22)21-11-10-16-5-7-17(20)8-6-16/h4-9,12,15H,10-11H2,1-3H3,(H,21,22). The van der Waals surface area contributed by atoms with Gasteiger partial charge in [-0.2, -0.15) is 0 Å². The molecule has 0 saturated heterocycles. The first kappa shape index (κ1) is 17.4. The third-order valence-electron chi connectivity index (χ3n) is 3.63. The Balaban J connectivity index is 1.81. The molecular weight excluding hydrogens is 310 g/mol. The summed E-state index contributed by atoms with van der Waals surface area (Å²) in [5.41, 5.74) is 3.35. The zero-order chi connectivity index (χ0) is 16.8. The number of aryl methyl sites for hydroxylation is 2. The summed E-state index contributed by atoms with van der Waals surface area (Å²) in [7, 11) is 0. The van der Waals surface area contributed by atoms with Crippen LogP contribution < -0.4 is 10.1 Å². The maximum atomic E-state index is 12.1. The first-order valence-corrected chi connectivity index (χ1v) is 8.09. The van der Waals surface area contributed by atoms with Crippen LogP contribution in [-0.2, 0) is 11.2 Å². The number of hydrogen-bond donors (Lipinski definition) is 1. The minimum absolute atomic E-state index is 0.112. The minimum Gasteiger partial charge on any atom is -0.481 e. The molecule has 0 aromatic heterocycles. The summed E-state index contributed by atoms with van der Waals surface area (Å²) < 4.78 is 5.75. The largest absolute Gasteiger partial charge is 0.481 e. The molecule has 2 aromatic rings. The molecule has 3 nitrogen and oxygen atoms in total. The van der Waals surface area contributed by atoms with Crippen LogP contribution in [-0.4, -0.2) is 18.6 Å². The van der Waals surface area contributed by atoms with Crippen molar-refractivity contribution in [3.05, 3.63) is 64.2 Å². The Bertz CT molecular complexity index is 668. The van der Waals surface area contributed by atoms with Crippen molar-refractivity contribution in [1.29, 1.82) is 0 Å². The van der Waals surface area contributed by atoms with Gasteiger partial charge in [-0.1, -0.05) is 41.4 Å². The van der Waals surface area contributed by atoms with Crippen molar-refractivity contribution in [3.63, 3.8) is 0 Å². The zero-order valence-electron chi connectivity index (χ0n) is 13.7. The summed E-state index contributed by atoms with van der Waals surface area (Å²) in [6, 6.07) is 13.6. The van der Waals surface area contributed by atoms with E-state index >= 15 is 0 Å². The van der Waals surface area contributed by atoms with Gasteiger partial charge >= 0.3 is 0 Å². The van der Waals surface area contributed by atoms with Crippen molar-refractivity contribution in [2.75, 3.05) is 6.54 Å². The second-order valence-electron chi connectivity index (χ2n) is 5.70. The van der Waals surface area contributed by atoms with Gasteiger partial charge in [0.2, 0.25) is 0 Å². The molecular formula is C19H22ClNO2. The molecule has 2 rings (SSSR count). The Morgan fingerprint density at radius 3 is 2.52 bits per heavy atom. The third-order valence-corrected chi connectivity index (χ3v) is 3.88. The lowest BCUT2D eigenvalue weighted by Crippen LogP contribution is -2.37. The maximum Gasteiger partial charge on any atom is 0.260 e. The van der Waals surface area contributed by atoms with Gasteiger partial charge in [0.05, 0.1) is 0 Å². The summed E-state index contributed by atoms with van der Waals surface area (Å²) in [6.07, 6.45) is 0.237. The van der Waals surface area contributed by atoms with Gasteiger partial charge in [0.1, 0.15) is 5.75 Å². The highest BCUT2D eigenvalue weighted by Gasteiger charge is 2.15. The number of halogens is 1. The van der Waals surface area contributed by atoms with Crippen LogP contribution in [0.1, 0.15) is 23.6 Å². The van der Waals surface area contributed by atoms with Gasteiger partial charge in [0.25, 0.3) is 5.91 Å². The van der Waals surface area contributed by atoms with E-state index in [1.165, 1.54) is 5.56 Å². The first-order chi connectivity index (χ1) is 11.0. The Labute approximate surface area is 142 Å². The monoisotopic (exact) mass is 331 g/mol. The minimum atomic E-state index is -0.526. The molecule has 1 N–H and O–H groups in total. The van der Waals surface area contributed by atoms with Crippen molar-refractivity contribution in [1.82, 2.24) is 5.32 Å². The number of benzene rings is 2. The second-order valence-corrected chi connectivity index (χ2v) is 6.13. The Morgan fingerprint density at radius 1 is 1.17 bits per heavy atom. The number of rotatable bonds is 6. The highest BCUT2D eigenvalue weighted by Crippen LogP contribution is 2.20. The number of nitrogens with one attached hydrogen (secondary N) is 1. The molecule has 122 valence electrons. The number of hydrogen-bond acceptors (Lipinski definition) is 2. The molecule has 0 fully saturated rings. The second kappa shape index (κ2) is 8.02. The average molecular weight is 332 g/mol. The quantitative estimate of drug-likeness (QED) is 0.866. The topological polar surface area (TPSA) is 38.3 Å². The van der Waals surface area contributed by atoms with Gasteiger partial charge < -0.3 is 10.1 Å². The molecule has 0 radical (unpaired) electrons. The predicted molar refractivity (Wildman–Crippen MR) is 94.2 cm³/mol. The van der Waals surface area contributed by atoms with Gasteiger partial charge in [-0.05, 0) is 56.5 Å². The van der Waals surface area contributed by atoms with Gasteiger partial charge in [-0.15, -0.1) is 0 Å². The lowest BCUT2D eigenvalue weighted by Gasteiger charge is -2.16. The first-order valence-electron chi connectivity index (χ1n) is 7.72. The van der Waals surface area contributed by atoms with Crippen molar-refractivity contribution in [3.8, 4) is 5.75 Å². The summed E-state index contributed by atoms with van der Waals surface area (Å²) in [4.78, 5) is 12.1. The van der Waals surface area contributed by atoms with E-state index in [0.29, 0.717) is 11.6 Å². The van der Waals surface area contributed by atoms with E-state index in [0.717, 1.165) is 23.3 Å². The number of carbonyl (C=O) groups is 1. The SMILES string of the molecule is Cc1ccc(OC(C)C(=O)NCCc2ccc(Cl)cc2)c(C)c1. The number of amides is 1. The van der Waals surface area contributed by atoms with E-state index in [-0.39, 0.29) is 5.91 Å². The summed E-state index contributed by atoms with van der Waals surface area (Å²) in [6.45, 7) is 6.34. The highest BCUT2D eigenvalue weighted by atomic mass is 35.5. The van der Waals surface area contributed by atoms with Crippen molar-refractivity contribution < 1.29 is 9.53 Å². The summed E-state index contributed by atoms with van der Waals surface area (Å²) in [5.74, 6) is 0.634. The molecule has 0 aliphatic carbocycles. The van der Waals surface area contributed by atoms with Crippen LogP contribution in [0, 0.1) is 13.8 Å². The number of carbonyl (C=O) groups excluding carboxylic acids is 1. The fourth-order valence-corrected chi connectivity index (χ4v) is 2.43.